The molecule has 1 aromatic heterocycles. The molecule has 0 unspecified atom stereocenters. The van der Waals surface area contributed by atoms with Crippen LogP contribution in [0.3, 0.4) is 0 Å². The monoisotopic (exact) mass is 383 g/mol. The number of piperazine rings is 1. The number of primary amides is 1. The number of hydrogen-bond donors (Lipinski definition) is 2. The number of nitrogens with zero attached hydrogens (tertiary/aromatic N) is 3. The van der Waals surface area contributed by atoms with Gasteiger partial charge in [-0.2, -0.15) is 0 Å². The van der Waals surface area contributed by atoms with Crippen molar-refractivity contribution in [2.24, 2.45) is 10.7 Å². The van der Waals surface area contributed by atoms with Crippen LogP contribution in [0, 0.1) is 13.8 Å². The number of nitrogens with two attached hydrogens (primary N) is 1. The van der Waals surface area contributed by atoms with E-state index >= 15 is 0 Å². The third kappa shape index (κ3) is 4.47. The Kier molecular flexibility index (Phi) is 6.23. The fourth-order valence-electron chi connectivity index (χ4n) is 3.41. The Morgan fingerprint density at radius 3 is 2.57 bits per heavy atom. The number of furan rings is 1. The Morgan fingerprint density at radius 1 is 1.18 bits per heavy atom. The summed E-state index contributed by atoms with van der Waals surface area (Å²) in [6.07, 6.45) is 0. The number of aryl methyl sites for hydroxylation is 1. The summed E-state index contributed by atoms with van der Waals surface area (Å²) in [6.45, 7) is 11.2. The molecule has 7 heteroatoms. The Bertz CT molecular complexity index is 850. The zero-order valence-electron chi connectivity index (χ0n) is 16.9. The van der Waals surface area contributed by atoms with Crippen LogP contribution in [0.2, 0.25) is 0 Å². The Morgan fingerprint density at radius 2 is 1.93 bits per heavy atom. The van der Waals surface area contributed by atoms with Gasteiger partial charge in [0.1, 0.15) is 12.3 Å². The number of rotatable bonds is 5. The van der Waals surface area contributed by atoms with E-state index in [4.69, 9.17) is 10.2 Å². The zero-order valence-corrected chi connectivity index (χ0v) is 16.9. The third-order valence-corrected chi connectivity index (χ3v) is 5.12. The van der Waals surface area contributed by atoms with Gasteiger partial charge in [0.05, 0.1) is 0 Å². The molecule has 2 heterocycles. The predicted octanol–water partition coefficient (Wildman–Crippen LogP) is 2.28. The summed E-state index contributed by atoms with van der Waals surface area (Å²) in [6, 6.07) is 9.81. The number of amides is 1. The van der Waals surface area contributed by atoms with Crippen molar-refractivity contribution in [3.63, 3.8) is 0 Å². The van der Waals surface area contributed by atoms with Crippen molar-refractivity contribution in [3.8, 4) is 0 Å². The molecule has 0 aliphatic carbocycles. The SMILES string of the molecule is CCNC(=NCc1ccc(C(N)=O)o1)N1CCN(c2cccc(C)c2C)CC1. The van der Waals surface area contributed by atoms with Gasteiger partial charge in [0.15, 0.2) is 11.7 Å². The number of hydrogen-bond acceptors (Lipinski definition) is 4. The molecule has 1 aliphatic heterocycles. The van der Waals surface area contributed by atoms with Crippen molar-refractivity contribution < 1.29 is 9.21 Å². The molecule has 2 aromatic rings. The minimum atomic E-state index is -0.565. The van der Waals surface area contributed by atoms with E-state index in [0.717, 1.165) is 38.7 Å². The molecule has 1 amide bonds. The van der Waals surface area contributed by atoms with Gasteiger partial charge in [-0.15, -0.1) is 0 Å². The number of anilines is 1. The standard InChI is InChI=1S/C21H29N5O2/c1-4-23-21(24-14-17-8-9-19(28-17)20(22)27)26-12-10-25(11-13-26)18-7-5-6-15(2)16(18)3/h5-9H,4,10-14H2,1-3H3,(H2,22,27)(H,23,24). The van der Waals surface area contributed by atoms with Crippen LogP contribution in [-0.4, -0.2) is 49.5 Å². The molecule has 28 heavy (non-hydrogen) atoms. The summed E-state index contributed by atoms with van der Waals surface area (Å²) >= 11 is 0. The molecule has 150 valence electrons. The second kappa shape index (κ2) is 8.82. The highest BCUT2D eigenvalue weighted by atomic mass is 16.3. The van der Waals surface area contributed by atoms with Gasteiger partial charge in [-0.05, 0) is 50.1 Å². The summed E-state index contributed by atoms with van der Waals surface area (Å²) in [5, 5.41) is 3.35. The first-order chi connectivity index (χ1) is 13.5. The van der Waals surface area contributed by atoms with Crippen LogP contribution in [0.15, 0.2) is 39.7 Å². The van der Waals surface area contributed by atoms with Crippen LogP contribution in [0.5, 0.6) is 0 Å². The molecule has 1 aliphatic rings. The average Bonchev–Trinajstić information content (AvgIpc) is 3.17. The molecule has 1 aromatic carbocycles. The smallest absolute Gasteiger partial charge is 0.284 e. The van der Waals surface area contributed by atoms with Gasteiger partial charge in [0.2, 0.25) is 0 Å². The molecule has 1 saturated heterocycles. The largest absolute Gasteiger partial charge is 0.454 e. The van der Waals surface area contributed by atoms with Crippen LogP contribution in [0.1, 0.15) is 34.4 Å². The van der Waals surface area contributed by atoms with Gasteiger partial charge in [0, 0.05) is 38.4 Å². The highest BCUT2D eigenvalue weighted by Gasteiger charge is 2.21. The molecule has 7 nitrogen and oxygen atoms in total. The number of benzene rings is 1. The second-order valence-electron chi connectivity index (χ2n) is 6.99. The van der Waals surface area contributed by atoms with Crippen LogP contribution in [0.4, 0.5) is 5.69 Å². The van der Waals surface area contributed by atoms with E-state index in [1.54, 1.807) is 12.1 Å². The molecule has 3 N–H and O–H groups in total. The number of carbonyl (C=O) groups excluding carboxylic acids is 1. The van der Waals surface area contributed by atoms with E-state index in [9.17, 15) is 4.79 Å². The third-order valence-electron chi connectivity index (χ3n) is 5.12. The van der Waals surface area contributed by atoms with Gasteiger partial charge < -0.3 is 25.3 Å². The Balaban J connectivity index is 1.65. The lowest BCUT2D eigenvalue weighted by Crippen LogP contribution is -2.52. The number of aliphatic imine (C=N–C) groups is 1. The number of nitrogens with one attached hydrogen (secondary N) is 1. The Hall–Kier alpha value is -2.96. The van der Waals surface area contributed by atoms with Crippen LogP contribution in [-0.2, 0) is 6.54 Å². The van der Waals surface area contributed by atoms with E-state index in [1.165, 1.54) is 16.8 Å². The topological polar surface area (TPSA) is 87.1 Å². The van der Waals surface area contributed by atoms with E-state index < -0.39 is 5.91 Å². The number of guanidine groups is 1. The quantitative estimate of drug-likeness (QED) is 0.611. The predicted molar refractivity (Wildman–Crippen MR) is 112 cm³/mol. The lowest BCUT2D eigenvalue weighted by Gasteiger charge is -2.38. The number of carbonyl (C=O) groups is 1. The maximum atomic E-state index is 11.2. The summed E-state index contributed by atoms with van der Waals surface area (Å²) in [5.41, 5.74) is 9.22. The molecule has 0 bridgehead atoms. The van der Waals surface area contributed by atoms with Crippen molar-refractivity contribution in [2.75, 3.05) is 37.6 Å². The van der Waals surface area contributed by atoms with Crippen LogP contribution < -0.4 is 16.0 Å². The van der Waals surface area contributed by atoms with Gasteiger partial charge in [-0.1, -0.05) is 12.1 Å². The lowest BCUT2D eigenvalue weighted by molar-refractivity contribution is 0.0972. The highest BCUT2D eigenvalue weighted by Crippen LogP contribution is 2.23. The van der Waals surface area contributed by atoms with Crippen molar-refractivity contribution in [1.82, 2.24) is 10.2 Å². The van der Waals surface area contributed by atoms with Crippen molar-refractivity contribution in [2.45, 2.75) is 27.3 Å². The normalized spacial score (nSPS) is 15.0. The molecule has 0 atom stereocenters. The van der Waals surface area contributed by atoms with Crippen LogP contribution in [0.25, 0.3) is 0 Å². The van der Waals surface area contributed by atoms with E-state index in [1.807, 2.05) is 0 Å². The molecule has 3 rings (SSSR count). The van der Waals surface area contributed by atoms with Gasteiger partial charge in [0.25, 0.3) is 5.91 Å². The first kappa shape index (κ1) is 19.8. The molecule has 0 spiro atoms. The first-order valence-corrected chi connectivity index (χ1v) is 9.72. The van der Waals surface area contributed by atoms with Crippen molar-refractivity contribution >= 4 is 17.6 Å². The maximum Gasteiger partial charge on any atom is 0.284 e. The first-order valence-electron chi connectivity index (χ1n) is 9.72. The molecular formula is C21H29N5O2. The maximum absolute atomic E-state index is 11.2. The molecule has 0 saturated carbocycles. The van der Waals surface area contributed by atoms with E-state index in [2.05, 4.69) is 59.1 Å². The molecular weight excluding hydrogens is 354 g/mol. The zero-order chi connectivity index (χ0) is 20.1. The van der Waals surface area contributed by atoms with Crippen LogP contribution >= 0.6 is 0 Å². The second-order valence-corrected chi connectivity index (χ2v) is 6.99. The summed E-state index contributed by atoms with van der Waals surface area (Å²) < 4.78 is 5.42. The minimum absolute atomic E-state index is 0.164. The average molecular weight is 383 g/mol. The summed E-state index contributed by atoms with van der Waals surface area (Å²) in [5.74, 6) is 1.08. The van der Waals surface area contributed by atoms with Gasteiger partial charge >= 0.3 is 0 Å². The van der Waals surface area contributed by atoms with Gasteiger partial charge in [-0.25, -0.2) is 4.99 Å². The summed E-state index contributed by atoms with van der Waals surface area (Å²) in [4.78, 5) is 20.5. The van der Waals surface area contributed by atoms with Crippen molar-refractivity contribution in [3.05, 3.63) is 53.0 Å². The molecule has 0 radical (unpaired) electrons. The van der Waals surface area contributed by atoms with Crippen molar-refractivity contribution in [1.29, 1.82) is 0 Å². The Labute approximate surface area is 166 Å². The fraction of sp³-hybridized carbons (Fsp3) is 0.429. The molecule has 1 fully saturated rings. The van der Waals surface area contributed by atoms with E-state index in [0.29, 0.717) is 12.3 Å². The lowest BCUT2D eigenvalue weighted by atomic mass is 10.1. The highest BCUT2D eigenvalue weighted by molar-refractivity contribution is 5.89. The van der Waals surface area contributed by atoms with Gasteiger partial charge in [-0.3, -0.25) is 4.79 Å². The van der Waals surface area contributed by atoms with E-state index in [-0.39, 0.29) is 5.76 Å². The fourth-order valence-corrected chi connectivity index (χ4v) is 3.41. The minimum Gasteiger partial charge on any atom is -0.454 e. The summed E-state index contributed by atoms with van der Waals surface area (Å²) in [7, 11) is 0.